The van der Waals surface area contributed by atoms with Crippen molar-refractivity contribution in [2.24, 2.45) is 0 Å². The van der Waals surface area contributed by atoms with Gasteiger partial charge in [0.1, 0.15) is 23.9 Å². The van der Waals surface area contributed by atoms with Crippen molar-refractivity contribution < 1.29 is 19.0 Å². The van der Waals surface area contributed by atoms with Crippen molar-refractivity contribution in [2.75, 3.05) is 19.8 Å². The maximum atomic E-state index is 12.7. The summed E-state index contributed by atoms with van der Waals surface area (Å²) < 4.78 is 17.1. The minimum absolute atomic E-state index is 0.0843. The molecule has 0 atom stereocenters. The van der Waals surface area contributed by atoms with Crippen LogP contribution in [-0.2, 0) is 5.41 Å². The fraction of sp³-hybridized carbons (Fsp3) is 0.346. The molecule has 0 saturated carbocycles. The number of carbonyl (C=O) groups excluding carboxylic acids is 1. The van der Waals surface area contributed by atoms with Crippen LogP contribution in [0.2, 0.25) is 0 Å². The normalized spacial score (nSPS) is 11.4. The molecule has 0 aromatic heterocycles. The van der Waals surface area contributed by atoms with Crippen LogP contribution in [0, 0.1) is 0 Å². The predicted octanol–water partition coefficient (Wildman–Crippen LogP) is 6.24. The van der Waals surface area contributed by atoms with Crippen molar-refractivity contribution >= 4 is 11.9 Å². The Morgan fingerprint density at radius 2 is 1.60 bits per heavy atom. The molecule has 0 fully saturated rings. The molecule has 160 valence electrons. The van der Waals surface area contributed by atoms with Gasteiger partial charge in [0.05, 0.1) is 13.2 Å². The van der Waals surface area contributed by atoms with Crippen LogP contribution >= 0.6 is 0 Å². The second-order valence-electron chi connectivity index (χ2n) is 7.82. The fourth-order valence-electron chi connectivity index (χ4n) is 2.98. The SMILES string of the molecule is C=CCOc1ccc(C(=O)/C=C/c2cc(C(C)(C)C)c(OCC)cc2OCC)cc1. The van der Waals surface area contributed by atoms with E-state index in [1.54, 1.807) is 42.5 Å². The average molecular weight is 409 g/mol. The molecular weight excluding hydrogens is 376 g/mol. The van der Waals surface area contributed by atoms with Crippen molar-refractivity contribution in [1.82, 2.24) is 0 Å². The minimum Gasteiger partial charge on any atom is -0.493 e. The molecule has 4 nitrogen and oxygen atoms in total. The minimum atomic E-state index is -0.108. The van der Waals surface area contributed by atoms with Gasteiger partial charge in [0.25, 0.3) is 0 Å². The molecule has 0 spiro atoms. The van der Waals surface area contributed by atoms with E-state index in [9.17, 15) is 4.79 Å². The maximum absolute atomic E-state index is 12.7. The van der Waals surface area contributed by atoms with E-state index >= 15 is 0 Å². The number of rotatable bonds is 10. The summed E-state index contributed by atoms with van der Waals surface area (Å²) in [5, 5.41) is 0. The molecule has 30 heavy (non-hydrogen) atoms. The quantitative estimate of drug-likeness (QED) is 0.265. The van der Waals surface area contributed by atoms with Gasteiger partial charge >= 0.3 is 0 Å². The van der Waals surface area contributed by atoms with Gasteiger partial charge < -0.3 is 14.2 Å². The van der Waals surface area contributed by atoms with Gasteiger partial charge in [-0.15, -0.1) is 0 Å². The van der Waals surface area contributed by atoms with Crippen LogP contribution < -0.4 is 14.2 Å². The lowest BCUT2D eigenvalue weighted by atomic mass is 9.85. The Hall–Kier alpha value is -3.01. The molecule has 0 aliphatic rings. The number of hydrogen-bond donors (Lipinski definition) is 0. The number of benzene rings is 2. The molecule has 0 heterocycles. The van der Waals surface area contributed by atoms with E-state index in [-0.39, 0.29) is 11.2 Å². The van der Waals surface area contributed by atoms with E-state index < -0.39 is 0 Å². The van der Waals surface area contributed by atoms with Crippen LogP contribution in [0.25, 0.3) is 6.08 Å². The summed E-state index contributed by atoms with van der Waals surface area (Å²) in [4.78, 5) is 12.7. The summed E-state index contributed by atoms with van der Waals surface area (Å²) in [7, 11) is 0. The van der Waals surface area contributed by atoms with E-state index in [0.717, 1.165) is 16.9 Å². The highest BCUT2D eigenvalue weighted by Crippen LogP contribution is 2.37. The smallest absolute Gasteiger partial charge is 0.185 e. The Kier molecular flexibility index (Phi) is 8.28. The molecule has 0 amide bonds. The lowest BCUT2D eigenvalue weighted by molar-refractivity contribution is 0.104. The van der Waals surface area contributed by atoms with Crippen LogP contribution in [0.15, 0.2) is 55.1 Å². The zero-order valence-electron chi connectivity index (χ0n) is 18.7. The van der Waals surface area contributed by atoms with Gasteiger partial charge in [-0.05, 0) is 61.7 Å². The van der Waals surface area contributed by atoms with E-state index in [1.165, 1.54) is 0 Å². The van der Waals surface area contributed by atoms with Crippen molar-refractivity contribution in [2.45, 2.75) is 40.0 Å². The van der Waals surface area contributed by atoms with Gasteiger partial charge in [-0.3, -0.25) is 4.79 Å². The molecular formula is C26H32O4. The molecule has 0 unspecified atom stereocenters. The molecule has 0 N–H and O–H groups in total. The highest BCUT2D eigenvalue weighted by Gasteiger charge is 2.21. The first-order chi connectivity index (χ1) is 14.3. The van der Waals surface area contributed by atoms with Crippen LogP contribution in [-0.4, -0.2) is 25.6 Å². The van der Waals surface area contributed by atoms with Crippen molar-refractivity contribution in [3.05, 3.63) is 71.8 Å². The molecule has 0 bridgehead atoms. The van der Waals surface area contributed by atoms with E-state index in [2.05, 4.69) is 27.4 Å². The Morgan fingerprint density at radius 1 is 0.967 bits per heavy atom. The van der Waals surface area contributed by atoms with Crippen LogP contribution in [0.4, 0.5) is 0 Å². The number of ether oxygens (including phenoxy) is 3. The van der Waals surface area contributed by atoms with Crippen molar-refractivity contribution in [1.29, 1.82) is 0 Å². The van der Waals surface area contributed by atoms with Gasteiger partial charge in [0.2, 0.25) is 0 Å². The third-order valence-electron chi connectivity index (χ3n) is 4.44. The number of ketones is 1. The monoisotopic (exact) mass is 408 g/mol. The van der Waals surface area contributed by atoms with Crippen molar-refractivity contribution in [3.8, 4) is 17.2 Å². The summed E-state index contributed by atoms with van der Waals surface area (Å²) in [5.74, 6) is 2.13. The first-order valence-electron chi connectivity index (χ1n) is 10.3. The predicted molar refractivity (Wildman–Crippen MR) is 123 cm³/mol. The van der Waals surface area contributed by atoms with Gasteiger partial charge in [0, 0.05) is 22.8 Å². The third-order valence-corrected chi connectivity index (χ3v) is 4.44. The Morgan fingerprint density at radius 3 is 2.17 bits per heavy atom. The summed E-state index contributed by atoms with van der Waals surface area (Å²) in [6.07, 6.45) is 5.06. The molecule has 0 radical (unpaired) electrons. The van der Waals surface area contributed by atoms with E-state index in [0.29, 0.717) is 36.9 Å². The lowest BCUT2D eigenvalue weighted by Crippen LogP contribution is -2.14. The molecule has 0 saturated heterocycles. The van der Waals surface area contributed by atoms with Crippen LogP contribution in [0.5, 0.6) is 17.2 Å². The molecule has 0 aliphatic heterocycles. The molecule has 2 aromatic carbocycles. The fourth-order valence-corrected chi connectivity index (χ4v) is 2.98. The Balaban J connectivity index is 2.33. The largest absolute Gasteiger partial charge is 0.493 e. The second-order valence-corrected chi connectivity index (χ2v) is 7.82. The molecule has 4 heteroatoms. The topological polar surface area (TPSA) is 44.8 Å². The number of hydrogen-bond acceptors (Lipinski definition) is 4. The summed E-state index contributed by atoms with van der Waals surface area (Å²) in [6.45, 7) is 15.5. The maximum Gasteiger partial charge on any atom is 0.185 e. The lowest BCUT2D eigenvalue weighted by Gasteiger charge is -2.24. The van der Waals surface area contributed by atoms with E-state index in [4.69, 9.17) is 14.2 Å². The van der Waals surface area contributed by atoms with Gasteiger partial charge in [-0.2, -0.15) is 0 Å². The first kappa shape index (κ1) is 23.3. The third kappa shape index (κ3) is 6.24. The Bertz CT molecular complexity index is 886. The van der Waals surface area contributed by atoms with Gasteiger partial charge in [0.15, 0.2) is 5.78 Å². The molecule has 2 aromatic rings. The Labute approximate surface area is 180 Å². The summed E-state index contributed by atoms with van der Waals surface area (Å²) in [6, 6.07) is 11.0. The zero-order chi connectivity index (χ0) is 22.1. The highest BCUT2D eigenvalue weighted by molar-refractivity contribution is 6.07. The number of carbonyl (C=O) groups is 1. The summed E-state index contributed by atoms with van der Waals surface area (Å²) in [5.41, 5.74) is 2.41. The number of allylic oxidation sites excluding steroid dienone is 1. The highest BCUT2D eigenvalue weighted by atomic mass is 16.5. The average Bonchev–Trinajstić information content (AvgIpc) is 2.71. The first-order valence-corrected chi connectivity index (χ1v) is 10.3. The van der Waals surface area contributed by atoms with E-state index in [1.807, 2.05) is 26.0 Å². The summed E-state index contributed by atoms with van der Waals surface area (Å²) >= 11 is 0. The van der Waals surface area contributed by atoms with Crippen LogP contribution in [0.3, 0.4) is 0 Å². The van der Waals surface area contributed by atoms with Crippen LogP contribution in [0.1, 0.15) is 56.1 Å². The second kappa shape index (κ2) is 10.7. The van der Waals surface area contributed by atoms with Gasteiger partial charge in [-0.25, -0.2) is 0 Å². The molecule has 2 rings (SSSR count). The van der Waals surface area contributed by atoms with Gasteiger partial charge in [-0.1, -0.05) is 33.4 Å². The van der Waals surface area contributed by atoms with Crippen molar-refractivity contribution in [3.63, 3.8) is 0 Å². The zero-order valence-corrected chi connectivity index (χ0v) is 18.7. The molecule has 0 aliphatic carbocycles. The standard InChI is InChI=1S/C26H32O4/c1-7-16-30-21-13-10-19(11-14-21)23(27)15-12-20-17-22(26(4,5)6)25(29-9-3)18-24(20)28-8-2/h7,10-15,17-18H,1,8-9,16H2,2-6H3/b15-12+.